The fourth-order valence-corrected chi connectivity index (χ4v) is 4.08. The van der Waals surface area contributed by atoms with Crippen molar-refractivity contribution in [3.05, 3.63) is 29.3 Å². The topological polar surface area (TPSA) is 65.0 Å². The van der Waals surface area contributed by atoms with Crippen LogP contribution in [0, 0.1) is 5.41 Å². The molecule has 0 atom stereocenters. The fourth-order valence-electron chi connectivity index (χ4n) is 3.04. The normalized spacial score (nSPS) is 18.9. The van der Waals surface area contributed by atoms with Crippen LogP contribution in [-0.4, -0.2) is 66.7 Å². The molecule has 0 saturated carbocycles. The van der Waals surface area contributed by atoms with Crippen molar-refractivity contribution >= 4 is 24.0 Å². The summed E-state index contributed by atoms with van der Waals surface area (Å²) >= 11 is 1.78. The Labute approximate surface area is 165 Å². The number of aliphatic hydroxyl groups excluding tert-OH is 1. The fraction of sp³-hybridized carbons (Fsp3) is 0.550. The number of hydrogen-bond donors (Lipinski definition) is 2. The molecular formula is C20H29N3O3S. The number of ether oxygens (including phenoxy) is 1. The lowest BCUT2D eigenvalue weighted by Gasteiger charge is -2.22. The van der Waals surface area contributed by atoms with Crippen molar-refractivity contribution < 1.29 is 14.6 Å². The van der Waals surface area contributed by atoms with Crippen molar-refractivity contribution in [2.75, 3.05) is 51.3 Å². The van der Waals surface area contributed by atoms with E-state index in [1.54, 1.807) is 11.9 Å². The Hall–Kier alpha value is -1.70. The van der Waals surface area contributed by atoms with Gasteiger partial charge in [-0.3, -0.25) is 4.79 Å². The van der Waals surface area contributed by atoms with Gasteiger partial charge in [0.15, 0.2) is 0 Å². The average Bonchev–Trinajstić information content (AvgIpc) is 3.19. The zero-order valence-electron chi connectivity index (χ0n) is 16.3. The molecule has 1 aromatic carbocycles. The number of aliphatic hydroxyl groups is 1. The molecule has 4 rings (SSSR count). The van der Waals surface area contributed by atoms with Crippen LogP contribution in [0.1, 0.15) is 20.8 Å². The lowest BCUT2D eigenvalue weighted by atomic mass is 9.99. The second kappa shape index (κ2) is 8.54. The quantitative estimate of drug-likeness (QED) is 0.469. The van der Waals surface area contributed by atoms with Crippen LogP contribution in [-0.2, 0) is 4.79 Å². The Morgan fingerprint density at radius 2 is 1.89 bits per heavy atom. The molecule has 27 heavy (non-hydrogen) atoms. The van der Waals surface area contributed by atoms with E-state index < -0.39 is 0 Å². The first kappa shape index (κ1) is 20.0. The Bertz CT molecular complexity index is 697. The minimum atomic E-state index is 0.0972. The van der Waals surface area contributed by atoms with Gasteiger partial charge in [0.05, 0.1) is 5.69 Å². The Kier molecular flexibility index (Phi) is 6.34. The van der Waals surface area contributed by atoms with Gasteiger partial charge < -0.3 is 20.1 Å². The van der Waals surface area contributed by atoms with Gasteiger partial charge in [-0.25, -0.2) is 4.31 Å². The highest BCUT2D eigenvalue weighted by Gasteiger charge is 2.29. The summed E-state index contributed by atoms with van der Waals surface area (Å²) in [5.74, 6) is 0.939. The summed E-state index contributed by atoms with van der Waals surface area (Å²) < 4.78 is 7.96. The first-order chi connectivity index (χ1) is 12.9. The molecule has 148 valence electrons. The third-order valence-corrected chi connectivity index (χ3v) is 5.49. The van der Waals surface area contributed by atoms with Gasteiger partial charge in [0, 0.05) is 44.2 Å². The van der Waals surface area contributed by atoms with Crippen LogP contribution in [0.15, 0.2) is 34.2 Å². The molecule has 3 heterocycles. The summed E-state index contributed by atoms with van der Waals surface area (Å²) in [4.78, 5) is 13.9. The smallest absolute Gasteiger partial charge is 0.210 e. The molecule has 6 nitrogen and oxygen atoms in total. The number of rotatable bonds is 3. The zero-order chi connectivity index (χ0) is 19.4. The maximum atomic E-state index is 10.8. The summed E-state index contributed by atoms with van der Waals surface area (Å²) in [5.41, 5.74) is 4.00. The Morgan fingerprint density at radius 1 is 1.22 bits per heavy atom. The number of anilines is 1. The van der Waals surface area contributed by atoms with Gasteiger partial charge in [0.2, 0.25) is 6.41 Å². The lowest BCUT2D eigenvalue weighted by molar-refractivity contribution is -0.117. The van der Waals surface area contributed by atoms with Gasteiger partial charge in [-0.15, -0.1) is 0 Å². The van der Waals surface area contributed by atoms with Gasteiger partial charge >= 0.3 is 0 Å². The van der Waals surface area contributed by atoms with Crippen LogP contribution in [0.4, 0.5) is 5.69 Å². The lowest BCUT2D eigenvalue weighted by Crippen LogP contribution is -2.25. The van der Waals surface area contributed by atoms with E-state index in [1.165, 1.54) is 16.0 Å². The highest BCUT2D eigenvalue weighted by molar-refractivity contribution is 7.97. The van der Waals surface area contributed by atoms with E-state index in [4.69, 9.17) is 9.84 Å². The predicted octanol–water partition coefficient (Wildman–Crippen LogP) is 2.61. The summed E-state index contributed by atoms with van der Waals surface area (Å²) in [5, 5.41) is 11.8. The molecule has 7 heteroatoms. The maximum absolute atomic E-state index is 10.8. The third kappa shape index (κ3) is 5.40. The zero-order valence-corrected chi connectivity index (χ0v) is 17.1. The molecule has 3 aliphatic heterocycles. The van der Waals surface area contributed by atoms with E-state index in [9.17, 15) is 4.79 Å². The van der Waals surface area contributed by atoms with E-state index >= 15 is 0 Å². The van der Waals surface area contributed by atoms with Crippen molar-refractivity contribution in [3.63, 3.8) is 0 Å². The molecule has 0 bridgehead atoms. The third-order valence-electron chi connectivity index (χ3n) is 4.51. The van der Waals surface area contributed by atoms with Crippen LogP contribution in [0.3, 0.4) is 0 Å². The van der Waals surface area contributed by atoms with Crippen LogP contribution in [0.2, 0.25) is 0 Å². The number of amides is 1. The number of carbonyl (C=O) groups excluding carboxylic acids is 1. The van der Waals surface area contributed by atoms with Crippen molar-refractivity contribution in [2.45, 2.75) is 25.7 Å². The molecule has 1 aromatic rings. The maximum Gasteiger partial charge on any atom is 0.210 e. The van der Waals surface area contributed by atoms with Gasteiger partial charge in [-0.2, -0.15) is 0 Å². The predicted molar refractivity (Wildman–Crippen MR) is 109 cm³/mol. The monoisotopic (exact) mass is 391 g/mol. The molecule has 3 aliphatic rings. The molecule has 0 saturated heterocycles. The van der Waals surface area contributed by atoms with Crippen LogP contribution in [0.25, 0.3) is 0 Å². The van der Waals surface area contributed by atoms with Crippen molar-refractivity contribution in [2.24, 2.45) is 5.41 Å². The van der Waals surface area contributed by atoms with Crippen LogP contribution < -0.4 is 10.1 Å². The Morgan fingerprint density at radius 3 is 2.48 bits per heavy atom. The van der Waals surface area contributed by atoms with Gasteiger partial charge in [-0.05, 0) is 46.7 Å². The minimum absolute atomic E-state index is 0.0972. The molecule has 0 fully saturated rings. The van der Waals surface area contributed by atoms with Crippen molar-refractivity contribution in [3.8, 4) is 5.75 Å². The van der Waals surface area contributed by atoms with E-state index in [1.807, 2.05) is 31.7 Å². The summed E-state index contributed by atoms with van der Waals surface area (Å²) in [6.45, 7) is 11.3. The van der Waals surface area contributed by atoms with Crippen molar-refractivity contribution in [1.29, 1.82) is 0 Å². The largest absolute Gasteiger partial charge is 0.490 e. The molecule has 0 spiro atoms. The first-order valence-electron chi connectivity index (χ1n) is 9.31. The molecule has 0 aromatic heterocycles. The van der Waals surface area contributed by atoms with Crippen LogP contribution in [0.5, 0.6) is 5.75 Å². The number of benzene rings is 1. The molecule has 2 N–H and O–H groups in total. The number of nitrogens with one attached hydrogen (secondary N) is 1. The number of nitrogens with zero attached hydrogens (tertiary/aromatic N) is 2. The number of fused-ring (bicyclic) bond motifs is 1. The molecule has 0 aliphatic carbocycles. The van der Waals surface area contributed by atoms with E-state index in [-0.39, 0.29) is 12.0 Å². The highest BCUT2D eigenvalue weighted by atomic mass is 32.2. The van der Waals surface area contributed by atoms with E-state index in [2.05, 4.69) is 21.8 Å². The second-order valence-electron chi connectivity index (χ2n) is 8.26. The minimum Gasteiger partial charge on any atom is -0.490 e. The molecular weight excluding hydrogens is 362 g/mol. The van der Waals surface area contributed by atoms with E-state index in [0.29, 0.717) is 0 Å². The van der Waals surface area contributed by atoms with Gasteiger partial charge in [0.25, 0.3) is 0 Å². The van der Waals surface area contributed by atoms with Gasteiger partial charge in [0.1, 0.15) is 12.4 Å². The molecule has 0 unspecified atom stereocenters. The van der Waals surface area contributed by atoms with Crippen LogP contribution >= 0.6 is 11.9 Å². The molecule has 0 radical (unpaired) electrons. The number of carbonyl (C=O) groups is 1. The SMILES string of the molecule is CC(C)(C)CO.O=CN1CC2=C(C1)CN(Sc1ccc3c(c1)NCCO3)C2. The first-order valence-corrected chi connectivity index (χ1v) is 10.1. The number of hydrogen-bond acceptors (Lipinski definition) is 6. The average molecular weight is 392 g/mol. The second-order valence-corrected chi connectivity index (χ2v) is 9.43. The Balaban J connectivity index is 0.000000307. The summed E-state index contributed by atoms with van der Waals surface area (Å²) in [6, 6.07) is 6.30. The van der Waals surface area contributed by atoms with Crippen molar-refractivity contribution in [1.82, 2.24) is 9.21 Å². The summed E-state index contributed by atoms with van der Waals surface area (Å²) in [7, 11) is 0. The van der Waals surface area contributed by atoms with Gasteiger partial charge in [-0.1, -0.05) is 20.8 Å². The highest BCUT2D eigenvalue weighted by Crippen LogP contribution is 2.36. The molecule has 1 amide bonds. The van der Waals surface area contributed by atoms with E-state index in [0.717, 1.165) is 57.2 Å². The summed E-state index contributed by atoms with van der Waals surface area (Å²) in [6.07, 6.45) is 0.949. The standard InChI is InChI=1S/C15H17N3O2S.C5H12O/c19-10-17-6-11-8-18(9-12(11)7-17)21-13-1-2-15-14(5-13)16-3-4-20-15;1-5(2,3)4-6/h1-2,5,10,16H,3-4,6-9H2;6H,4H2,1-3H3.